The molecule has 0 aliphatic carbocycles. The molecule has 1 amide bonds. The molecule has 3 N–H and O–H groups in total. The van der Waals surface area contributed by atoms with Crippen molar-refractivity contribution < 1.29 is 4.79 Å². The second-order valence-corrected chi connectivity index (χ2v) is 6.19. The Bertz CT molecular complexity index is 221. The molecule has 0 aromatic heterocycles. The Morgan fingerprint density at radius 1 is 1.33 bits per heavy atom. The van der Waals surface area contributed by atoms with Crippen LogP contribution >= 0.6 is 24.2 Å². The highest BCUT2D eigenvalue weighted by Gasteiger charge is 2.20. The molecule has 0 unspecified atom stereocenters. The van der Waals surface area contributed by atoms with Crippen LogP contribution in [0, 0.1) is 5.92 Å². The first-order chi connectivity index (χ1) is 7.93. The van der Waals surface area contributed by atoms with Crippen LogP contribution in [0.15, 0.2) is 0 Å². The predicted molar refractivity (Wildman–Crippen MR) is 84.5 cm³/mol. The summed E-state index contributed by atoms with van der Waals surface area (Å²) in [6.07, 6.45) is 2.96. The molecule has 0 aliphatic rings. The largest absolute Gasteiger partial charge is 0.354 e. The maximum Gasteiger partial charge on any atom is 0.230 e. The molecule has 110 valence electrons. The van der Waals surface area contributed by atoms with Crippen molar-refractivity contribution in [2.45, 2.75) is 52.5 Å². The first kappa shape index (κ1) is 20.4. The number of halogens is 1. The zero-order valence-corrected chi connectivity index (χ0v) is 13.8. The van der Waals surface area contributed by atoms with Gasteiger partial charge in [-0.25, -0.2) is 0 Å². The van der Waals surface area contributed by atoms with Crippen LogP contribution in [0.4, 0.5) is 0 Å². The Morgan fingerprint density at radius 2 is 1.89 bits per heavy atom. The number of amides is 1. The molecular formula is C13H29ClN2OS. The second-order valence-electron chi connectivity index (χ2n) is 5.08. The highest BCUT2D eigenvalue weighted by molar-refractivity contribution is 7.99. The van der Waals surface area contributed by atoms with Gasteiger partial charge in [0.25, 0.3) is 0 Å². The molecule has 0 radical (unpaired) electrons. The zero-order valence-electron chi connectivity index (χ0n) is 12.1. The van der Waals surface area contributed by atoms with Gasteiger partial charge >= 0.3 is 0 Å². The van der Waals surface area contributed by atoms with Crippen LogP contribution in [0.5, 0.6) is 0 Å². The number of carbonyl (C=O) groups is 1. The summed E-state index contributed by atoms with van der Waals surface area (Å²) >= 11 is 1.70. The molecule has 0 saturated carbocycles. The van der Waals surface area contributed by atoms with E-state index in [1.54, 1.807) is 11.8 Å². The van der Waals surface area contributed by atoms with Gasteiger partial charge in [-0.3, -0.25) is 4.79 Å². The summed E-state index contributed by atoms with van der Waals surface area (Å²) in [7, 11) is 0. The molecule has 0 rings (SSSR count). The number of hydrogen-bond donors (Lipinski definition) is 2. The monoisotopic (exact) mass is 296 g/mol. The number of nitrogens with one attached hydrogen (secondary N) is 1. The molecule has 18 heavy (non-hydrogen) atoms. The van der Waals surface area contributed by atoms with Crippen molar-refractivity contribution in [2.75, 3.05) is 18.1 Å². The third-order valence-electron chi connectivity index (χ3n) is 3.12. The summed E-state index contributed by atoms with van der Waals surface area (Å²) in [6, 6.07) is 0. The maximum atomic E-state index is 11.6. The lowest BCUT2D eigenvalue weighted by molar-refractivity contribution is -0.118. The average Bonchev–Trinajstić information content (AvgIpc) is 2.31. The normalized spacial score (nSPS) is 11.2. The van der Waals surface area contributed by atoms with E-state index in [1.807, 2.05) is 0 Å². The van der Waals surface area contributed by atoms with Gasteiger partial charge in [0.05, 0.1) is 5.75 Å². The summed E-state index contributed by atoms with van der Waals surface area (Å²) < 4.78 is 0. The predicted octanol–water partition coefficient (Wildman–Crippen LogP) is 2.82. The van der Waals surface area contributed by atoms with E-state index in [2.05, 4.69) is 33.0 Å². The van der Waals surface area contributed by atoms with Crippen LogP contribution in [-0.2, 0) is 4.79 Å². The lowest BCUT2D eigenvalue weighted by atomic mass is 9.94. The van der Waals surface area contributed by atoms with E-state index in [0.29, 0.717) is 18.2 Å². The number of rotatable bonds is 9. The van der Waals surface area contributed by atoms with Crippen molar-refractivity contribution >= 4 is 30.1 Å². The molecule has 0 aliphatic heterocycles. The van der Waals surface area contributed by atoms with Crippen molar-refractivity contribution in [1.82, 2.24) is 5.32 Å². The number of hydrogen-bond acceptors (Lipinski definition) is 3. The summed E-state index contributed by atoms with van der Waals surface area (Å²) in [5.74, 6) is 2.43. The van der Waals surface area contributed by atoms with Crippen molar-refractivity contribution in [2.24, 2.45) is 11.7 Å². The Balaban J connectivity index is 0. The molecule has 0 aromatic carbocycles. The number of nitrogens with two attached hydrogens (primary N) is 1. The van der Waals surface area contributed by atoms with Crippen LogP contribution in [0.1, 0.15) is 47.0 Å². The first-order valence-electron chi connectivity index (χ1n) is 6.57. The molecule has 0 saturated heterocycles. The van der Waals surface area contributed by atoms with Gasteiger partial charge in [0.1, 0.15) is 0 Å². The standard InChI is InChI=1S/C13H28N2OS.ClH/c1-5-13(14,6-2)10-15-12(16)9-17-8-7-11(3)4;/h11H,5-10,14H2,1-4H3,(H,15,16);1H. The Hall–Kier alpha value is 0.0700. The van der Waals surface area contributed by atoms with Crippen molar-refractivity contribution in [3.63, 3.8) is 0 Å². The zero-order chi connectivity index (χ0) is 13.3. The van der Waals surface area contributed by atoms with Crippen molar-refractivity contribution in [3.8, 4) is 0 Å². The van der Waals surface area contributed by atoms with Gasteiger partial charge in [-0.15, -0.1) is 12.4 Å². The minimum absolute atomic E-state index is 0. The van der Waals surface area contributed by atoms with Crippen LogP contribution in [0.3, 0.4) is 0 Å². The lowest BCUT2D eigenvalue weighted by Gasteiger charge is -2.26. The number of carbonyl (C=O) groups excluding carboxylic acids is 1. The molecule has 3 nitrogen and oxygen atoms in total. The van der Waals surface area contributed by atoms with E-state index in [-0.39, 0.29) is 23.9 Å². The van der Waals surface area contributed by atoms with Gasteiger partial charge in [-0.05, 0) is 30.9 Å². The van der Waals surface area contributed by atoms with E-state index in [9.17, 15) is 4.79 Å². The van der Waals surface area contributed by atoms with E-state index >= 15 is 0 Å². The molecule has 0 aromatic rings. The van der Waals surface area contributed by atoms with Gasteiger partial charge in [0.2, 0.25) is 5.91 Å². The molecule has 5 heteroatoms. The molecule has 0 heterocycles. The van der Waals surface area contributed by atoms with Gasteiger partial charge < -0.3 is 11.1 Å². The van der Waals surface area contributed by atoms with Gasteiger partial charge in [-0.1, -0.05) is 27.7 Å². The Kier molecular flexibility index (Phi) is 12.4. The maximum absolute atomic E-state index is 11.6. The van der Waals surface area contributed by atoms with E-state index in [4.69, 9.17) is 5.73 Å². The highest BCUT2D eigenvalue weighted by atomic mass is 35.5. The fourth-order valence-electron chi connectivity index (χ4n) is 1.31. The summed E-state index contributed by atoms with van der Waals surface area (Å²) in [5, 5.41) is 2.93. The molecule has 0 atom stereocenters. The third kappa shape index (κ3) is 10.0. The van der Waals surface area contributed by atoms with Gasteiger partial charge in [0, 0.05) is 12.1 Å². The van der Waals surface area contributed by atoms with E-state index < -0.39 is 0 Å². The van der Waals surface area contributed by atoms with Crippen LogP contribution in [-0.4, -0.2) is 29.5 Å². The van der Waals surface area contributed by atoms with Crippen LogP contribution in [0.25, 0.3) is 0 Å². The SMILES string of the molecule is CCC(N)(CC)CNC(=O)CSCCC(C)C.Cl. The Morgan fingerprint density at radius 3 is 2.33 bits per heavy atom. The molecule has 0 spiro atoms. The third-order valence-corrected chi connectivity index (χ3v) is 4.11. The van der Waals surface area contributed by atoms with E-state index in [1.165, 1.54) is 6.42 Å². The summed E-state index contributed by atoms with van der Waals surface area (Å²) in [5.41, 5.74) is 5.88. The molecule has 0 bridgehead atoms. The van der Waals surface area contributed by atoms with Gasteiger partial charge in [-0.2, -0.15) is 11.8 Å². The topological polar surface area (TPSA) is 55.1 Å². The fourth-order valence-corrected chi connectivity index (χ4v) is 2.38. The molecular weight excluding hydrogens is 268 g/mol. The minimum Gasteiger partial charge on any atom is -0.354 e. The van der Waals surface area contributed by atoms with Crippen LogP contribution < -0.4 is 11.1 Å². The Labute approximate surface area is 122 Å². The van der Waals surface area contributed by atoms with Crippen molar-refractivity contribution in [1.29, 1.82) is 0 Å². The van der Waals surface area contributed by atoms with Crippen molar-refractivity contribution in [3.05, 3.63) is 0 Å². The van der Waals surface area contributed by atoms with Crippen LogP contribution in [0.2, 0.25) is 0 Å². The van der Waals surface area contributed by atoms with Gasteiger partial charge in [0.15, 0.2) is 0 Å². The lowest BCUT2D eigenvalue weighted by Crippen LogP contribution is -2.49. The average molecular weight is 297 g/mol. The quantitative estimate of drug-likeness (QED) is 0.643. The fraction of sp³-hybridized carbons (Fsp3) is 0.923. The highest BCUT2D eigenvalue weighted by Crippen LogP contribution is 2.10. The second kappa shape index (κ2) is 10.9. The van der Waals surface area contributed by atoms with E-state index in [0.717, 1.165) is 18.6 Å². The first-order valence-corrected chi connectivity index (χ1v) is 7.72. The smallest absolute Gasteiger partial charge is 0.230 e. The number of thioether (sulfide) groups is 1. The summed E-state index contributed by atoms with van der Waals surface area (Å²) in [4.78, 5) is 11.6. The summed E-state index contributed by atoms with van der Waals surface area (Å²) in [6.45, 7) is 9.11. The minimum atomic E-state index is -0.238. The molecule has 0 fully saturated rings.